The second kappa shape index (κ2) is 5.31. The molecule has 2 unspecified atom stereocenters. The zero-order valence-electron chi connectivity index (χ0n) is 10.8. The molecule has 2 N–H and O–H groups in total. The Hall–Kier alpha value is -0.0800. The minimum Gasteiger partial charge on any atom is -0.376 e. The maximum atomic E-state index is 6.03. The molecule has 0 radical (unpaired) electrons. The highest BCUT2D eigenvalue weighted by Crippen LogP contribution is 2.29. The van der Waals surface area contributed by atoms with Crippen LogP contribution in [0.1, 0.15) is 53.4 Å². The van der Waals surface area contributed by atoms with Gasteiger partial charge in [0.2, 0.25) is 0 Å². The summed E-state index contributed by atoms with van der Waals surface area (Å²) in [5, 5.41) is 0. The highest BCUT2D eigenvalue weighted by atomic mass is 16.5. The second-order valence-electron chi connectivity index (χ2n) is 6.13. The van der Waals surface area contributed by atoms with Crippen LogP contribution in [0.3, 0.4) is 0 Å². The first kappa shape index (κ1) is 13.0. The topological polar surface area (TPSA) is 35.2 Å². The molecule has 0 amide bonds. The first-order valence-electron chi connectivity index (χ1n) is 6.28. The Morgan fingerprint density at radius 1 is 1.27 bits per heavy atom. The van der Waals surface area contributed by atoms with Gasteiger partial charge in [-0.25, -0.2) is 0 Å². The van der Waals surface area contributed by atoms with Crippen molar-refractivity contribution in [2.45, 2.75) is 65.5 Å². The van der Waals surface area contributed by atoms with Gasteiger partial charge in [-0.15, -0.1) is 0 Å². The summed E-state index contributed by atoms with van der Waals surface area (Å²) in [4.78, 5) is 0. The van der Waals surface area contributed by atoms with Gasteiger partial charge < -0.3 is 10.5 Å². The van der Waals surface area contributed by atoms with E-state index >= 15 is 0 Å². The van der Waals surface area contributed by atoms with Crippen molar-refractivity contribution in [2.24, 2.45) is 17.1 Å². The van der Waals surface area contributed by atoms with Crippen LogP contribution >= 0.6 is 0 Å². The van der Waals surface area contributed by atoms with Gasteiger partial charge in [-0.1, -0.05) is 33.6 Å². The molecule has 90 valence electrons. The maximum Gasteiger partial charge on any atom is 0.0771 e. The van der Waals surface area contributed by atoms with Crippen LogP contribution in [-0.2, 0) is 4.74 Å². The van der Waals surface area contributed by atoms with Crippen molar-refractivity contribution in [3.05, 3.63) is 0 Å². The number of hydrogen-bond acceptors (Lipinski definition) is 2. The molecule has 2 nitrogen and oxygen atoms in total. The molecule has 0 bridgehead atoms. The summed E-state index contributed by atoms with van der Waals surface area (Å²) in [7, 11) is 0. The highest BCUT2D eigenvalue weighted by Gasteiger charge is 2.29. The lowest BCUT2D eigenvalue weighted by atomic mass is 9.85. The van der Waals surface area contributed by atoms with Crippen LogP contribution in [0.4, 0.5) is 0 Å². The van der Waals surface area contributed by atoms with Crippen molar-refractivity contribution in [1.82, 2.24) is 0 Å². The fraction of sp³-hybridized carbons (Fsp3) is 1.00. The molecule has 0 spiro atoms. The van der Waals surface area contributed by atoms with Gasteiger partial charge in [0.05, 0.1) is 6.10 Å². The molecule has 1 aliphatic carbocycles. The van der Waals surface area contributed by atoms with Gasteiger partial charge in [-0.2, -0.15) is 0 Å². The van der Waals surface area contributed by atoms with Gasteiger partial charge in [0.25, 0.3) is 0 Å². The van der Waals surface area contributed by atoms with Gasteiger partial charge >= 0.3 is 0 Å². The lowest BCUT2D eigenvalue weighted by Gasteiger charge is -2.34. The Morgan fingerprint density at radius 2 is 1.80 bits per heavy atom. The molecular weight excluding hydrogens is 186 g/mol. The second-order valence-corrected chi connectivity index (χ2v) is 6.13. The molecule has 0 aromatic rings. The van der Waals surface area contributed by atoms with E-state index in [1.165, 1.54) is 25.7 Å². The summed E-state index contributed by atoms with van der Waals surface area (Å²) in [6.45, 7) is 9.56. The molecule has 0 aromatic heterocycles. The van der Waals surface area contributed by atoms with Gasteiger partial charge in [0.15, 0.2) is 0 Å². The van der Waals surface area contributed by atoms with E-state index in [0.29, 0.717) is 0 Å². The van der Waals surface area contributed by atoms with Crippen LogP contribution in [0.15, 0.2) is 0 Å². The molecule has 1 rings (SSSR count). The lowest BCUT2D eigenvalue weighted by Crippen LogP contribution is -2.44. The number of hydrogen-bond donors (Lipinski definition) is 1. The average molecular weight is 213 g/mol. The summed E-state index contributed by atoms with van der Waals surface area (Å²) in [5.41, 5.74) is 6.13. The molecule has 2 heteroatoms. The molecule has 1 aliphatic rings. The van der Waals surface area contributed by atoms with Gasteiger partial charge in [-0.3, -0.25) is 0 Å². The van der Waals surface area contributed by atoms with E-state index in [2.05, 4.69) is 20.8 Å². The van der Waals surface area contributed by atoms with Gasteiger partial charge in [-0.05, 0) is 31.1 Å². The third-order valence-corrected chi connectivity index (χ3v) is 3.32. The predicted octanol–water partition coefficient (Wildman–Crippen LogP) is 2.96. The third-order valence-electron chi connectivity index (χ3n) is 3.32. The van der Waals surface area contributed by atoms with Crippen LogP contribution in [0, 0.1) is 11.3 Å². The summed E-state index contributed by atoms with van der Waals surface area (Å²) in [6, 6.07) is 0.117. The maximum absolute atomic E-state index is 6.03. The van der Waals surface area contributed by atoms with Crippen molar-refractivity contribution in [3.63, 3.8) is 0 Å². The van der Waals surface area contributed by atoms with Crippen LogP contribution in [0.25, 0.3) is 0 Å². The fourth-order valence-electron chi connectivity index (χ4n) is 2.61. The molecule has 2 atom stereocenters. The Balaban J connectivity index is 2.37. The molecule has 0 aliphatic heterocycles. The summed E-state index contributed by atoms with van der Waals surface area (Å²) in [5.74, 6) is 0.786. The molecule has 0 saturated heterocycles. The van der Waals surface area contributed by atoms with Crippen molar-refractivity contribution in [1.29, 1.82) is 0 Å². The third kappa shape index (κ3) is 4.12. The number of ether oxygens (including phenoxy) is 1. The van der Waals surface area contributed by atoms with Gasteiger partial charge in [0, 0.05) is 12.6 Å². The van der Waals surface area contributed by atoms with E-state index in [1.807, 2.05) is 6.92 Å². The minimum absolute atomic E-state index is 0.117. The zero-order valence-corrected chi connectivity index (χ0v) is 10.8. The summed E-state index contributed by atoms with van der Waals surface area (Å²) in [6.07, 6.45) is 5.63. The van der Waals surface area contributed by atoms with Crippen LogP contribution < -0.4 is 5.73 Å². The first-order valence-corrected chi connectivity index (χ1v) is 6.28. The monoisotopic (exact) mass is 213 g/mol. The van der Waals surface area contributed by atoms with Gasteiger partial charge in [0.1, 0.15) is 0 Å². The molecule has 1 fully saturated rings. The van der Waals surface area contributed by atoms with E-state index in [9.17, 15) is 0 Å². The van der Waals surface area contributed by atoms with Crippen molar-refractivity contribution in [3.8, 4) is 0 Å². The standard InChI is InChI=1S/C13H27NO/c1-10(14)12(13(2,3)4)15-9-11-7-5-6-8-11/h10-12H,5-9,14H2,1-4H3. The van der Waals surface area contributed by atoms with Crippen LogP contribution in [-0.4, -0.2) is 18.8 Å². The molecule has 0 aromatic carbocycles. The Labute approximate surface area is 94.6 Å². The highest BCUT2D eigenvalue weighted by molar-refractivity contribution is 4.82. The Morgan fingerprint density at radius 3 is 2.20 bits per heavy atom. The quantitative estimate of drug-likeness (QED) is 0.779. The van der Waals surface area contributed by atoms with E-state index in [1.54, 1.807) is 0 Å². The predicted molar refractivity (Wildman–Crippen MR) is 64.8 cm³/mol. The minimum atomic E-state index is 0.117. The lowest BCUT2D eigenvalue weighted by molar-refractivity contribution is -0.0439. The molecule has 0 heterocycles. The first-order chi connectivity index (χ1) is 6.91. The van der Waals surface area contributed by atoms with Crippen LogP contribution in [0.2, 0.25) is 0 Å². The molecule has 1 saturated carbocycles. The van der Waals surface area contributed by atoms with E-state index in [-0.39, 0.29) is 17.6 Å². The Kier molecular flexibility index (Phi) is 4.60. The molecular formula is C13H27NO. The fourth-order valence-corrected chi connectivity index (χ4v) is 2.61. The SMILES string of the molecule is CC(N)C(OCC1CCCC1)C(C)(C)C. The summed E-state index contributed by atoms with van der Waals surface area (Å²) < 4.78 is 6.03. The number of rotatable bonds is 4. The summed E-state index contributed by atoms with van der Waals surface area (Å²) >= 11 is 0. The van der Waals surface area contributed by atoms with E-state index < -0.39 is 0 Å². The zero-order chi connectivity index (χ0) is 11.5. The van der Waals surface area contributed by atoms with Crippen molar-refractivity contribution in [2.75, 3.05) is 6.61 Å². The smallest absolute Gasteiger partial charge is 0.0771 e. The van der Waals surface area contributed by atoms with Crippen molar-refractivity contribution < 1.29 is 4.74 Å². The van der Waals surface area contributed by atoms with E-state index in [0.717, 1.165) is 12.5 Å². The molecule has 15 heavy (non-hydrogen) atoms. The van der Waals surface area contributed by atoms with Crippen molar-refractivity contribution >= 4 is 0 Å². The van der Waals surface area contributed by atoms with Crippen LogP contribution in [0.5, 0.6) is 0 Å². The average Bonchev–Trinajstić information content (AvgIpc) is 2.53. The number of nitrogens with two attached hydrogens (primary N) is 1. The normalized spacial score (nSPS) is 23.0. The Bertz CT molecular complexity index is 177. The van der Waals surface area contributed by atoms with E-state index in [4.69, 9.17) is 10.5 Å². The largest absolute Gasteiger partial charge is 0.376 e.